The second kappa shape index (κ2) is 10.7. The molecule has 0 atom stereocenters. The number of nitrogens with zero attached hydrogens (tertiary/aromatic N) is 2. The number of esters is 1. The standard InChI is InChI=1S/C19H18FN3O5S2/c1-12-6-16(23-28-12)22-17(24)10-29-11-19(25)27-7-14-9-30-18(21-14)8-26-15-4-2-13(20)3-5-15/h2-6,9H,7-8,10-11H2,1H3,(H,22,23,24). The zero-order valence-electron chi connectivity index (χ0n) is 15.9. The van der Waals surface area contributed by atoms with Crippen molar-refractivity contribution in [1.29, 1.82) is 0 Å². The first-order valence-corrected chi connectivity index (χ1v) is 10.8. The van der Waals surface area contributed by atoms with E-state index in [1.165, 1.54) is 35.6 Å². The van der Waals surface area contributed by atoms with Crippen LogP contribution in [0.3, 0.4) is 0 Å². The number of benzene rings is 1. The molecular weight excluding hydrogens is 433 g/mol. The number of amides is 1. The van der Waals surface area contributed by atoms with E-state index in [0.717, 1.165) is 11.8 Å². The Morgan fingerprint density at radius 3 is 2.77 bits per heavy atom. The van der Waals surface area contributed by atoms with E-state index in [4.69, 9.17) is 14.0 Å². The monoisotopic (exact) mass is 451 g/mol. The molecule has 0 saturated heterocycles. The predicted octanol–water partition coefficient (Wildman–Crippen LogP) is 3.57. The minimum atomic E-state index is -0.442. The molecule has 30 heavy (non-hydrogen) atoms. The van der Waals surface area contributed by atoms with Gasteiger partial charge in [-0.25, -0.2) is 9.37 Å². The number of anilines is 1. The number of thioether (sulfide) groups is 1. The largest absolute Gasteiger partial charge is 0.486 e. The first-order chi connectivity index (χ1) is 14.5. The summed E-state index contributed by atoms with van der Waals surface area (Å²) < 4.78 is 28.4. The van der Waals surface area contributed by atoms with E-state index < -0.39 is 5.97 Å². The van der Waals surface area contributed by atoms with Crippen molar-refractivity contribution < 1.29 is 28.0 Å². The van der Waals surface area contributed by atoms with Crippen molar-refractivity contribution in [1.82, 2.24) is 10.1 Å². The fraction of sp³-hybridized carbons (Fsp3) is 0.263. The van der Waals surface area contributed by atoms with Gasteiger partial charge in [0.2, 0.25) is 5.91 Å². The minimum Gasteiger partial charge on any atom is -0.486 e. The van der Waals surface area contributed by atoms with Crippen LogP contribution in [-0.2, 0) is 27.5 Å². The zero-order valence-corrected chi connectivity index (χ0v) is 17.6. The number of ether oxygens (including phenoxy) is 2. The van der Waals surface area contributed by atoms with Gasteiger partial charge in [-0.3, -0.25) is 9.59 Å². The maximum atomic E-state index is 12.9. The molecule has 0 radical (unpaired) electrons. The molecule has 0 unspecified atom stereocenters. The van der Waals surface area contributed by atoms with E-state index in [-0.39, 0.29) is 36.4 Å². The van der Waals surface area contributed by atoms with E-state index in [9.17, 15) is 14.0 Å². The first kappa shape index (κ1) is 21.8. The van der Waals surface area contributed by atoms with E-state index in [1.54, 1.807) is 18.4 Å². The number of aryl methyl sites for hydroxylation is 1. The van der Waals surface area contributed by atoms with Crippen molar-refractivity contribution in [3.8, 4) is 5.75 Å². The Bertz CT molecular complexity index is 990. The number of aromatic nitrogens is 2. The second-order valence-corrected chi connectivity index (χ2v) is 7.93. The topological polar surface area (TPSA) is 104 Å². The lowest BCUT2D eigenvalue weighted by Crippen LogP contribution is -2.16. The van der Waals surface area contributed by atoms with E-state index >= 15 is 0 Å². The van der Waals surface area contributed by atoms with Gasteiger partial charge in [0.25, 0.3) is 0 Å². The van der Waals surface area contributed by atoms with Gasteiger partial charge in [-0.2, -0.15) is 0 Å². The molecule has 0 aliphatic carbocycles. The number of carbonyl (C=O) groups excluding carboxylic acids is 2. The van der Waals surface area contributed by atoms with Crippen LogP contribution in [0.15, 0.2) is 40.2 Å². The van der Waals surface area contributed by atoms with Gasteiger partial charge >= 0.3 is 5.97 Å². The zero-order chi connectivity index (χ0) is 21.3. The Hall–Kier alpha value is -2.92. The molecule has 1 amide bonds. The highest BCUT2D eigenvalue weighted by molar-refractivity contribution is 8.00. The fourth-order valence-electron chi connectivity index (χ4n) is 2.18. The average molecular weight is 452 g/mol. The summed E-state index contributed by atoms with van der Waals surface area (Å²) in [4.78, 5) is 27.9. The number of thiazole rings is 1. The summed E-state index contributed by atoms with van der Waals surface area (Å²) in [5, 5.41) is 8.71. The van der Waals surface area contributed by atoms with Gasteiger partial charge in [0.1, 0.15) is 35.5 Å². The molecule has 3 rings (SSSR count). The van der Waals surface area contributed by atoms with Crippen LogP contribution < -0.4 is 10.1 Å². The number of carbonyl (C=O) groups is 2. The molecule has 0 spiro atoms. The SMILES string of the molecule is Cc1cc(NC(=O)CSCC(=O)OCc2csc(COc3ccc(F)cc3)n2)no1. The maximum absolute atomic E-state index is 12.9. The summed E-state index contributed by atoms with van der Waals surface area (Å²) in [6.07, 6.45) is 0. The molecule has 0 aliphatic heterocycles. The van der Waals surface area contributed by atoms with Crippen molar-refractivity contribution in [3.63, 3.8) is 0 Å². The predicted molar refractivity (Wildman–Crippen MR) is 110 cm³/mol. The molecule has 0 aliphatic rings. The normalized spacial score (nSPS) is 10.6. The van der Waals surface area contributed by atoms with Crippen molar-refractivity contribution >= 4 is 40.8 Å². The van der Waals surface area contributed by atoms with Gasteiger partial charge in [0, 0.05) is 11.4 Å². The van der Waals surface area contributed by atoms with Crippen LogP contribution in [0.1, 0.15) is 16.5 Å². The van der Waals surface area contributed by atoms with Crippen LogP contribution >= 0.6 is 23.1 Å². The van der Waals surface area contributed by atoms with Gasteiger partial charge in [0.15, 0.2) is 5.82 Å². The number of rotatable bonds is 10. The van der Waals surface area contributed by atoms with Gasteiger partial charge in [-0.05, 0) is 31.2 Å². The number of hydrogen-bond acceptors (Lipinski definition) is 9. The number of nitrogens with one attached hydrogen (secondary N) is 1. The van der Waals surface area contributed by atoms with E-state index in [2.05, 4.69) is 15.5 Å². The summed E-state index contributed by atoms with van der Waals surface area (Å²) in [7, 11) is 0. The second-order valence-electron chi connectivity index (χ2n) is 6.00. The number of hydrogen-bond donors (Lipinski definition) is 1. The Morgan fingerprint density at radius 2 is 2.03 bits per heavy atom. The highest BCUT2D eigenvalue weighted by Gasteiger charge is 2.10. The minimum absolute atomic E-state index is 0.0376. The van der Waals surface area contributed by atoms with Gasteiger partial charge < -0.3 is 19.3 Å². The highest BCUT2D eigenvalue weighted by atomic mass is 32.2. The Kier molecular flexibility index (Phi) is 7.80. The quantitative estimate of drug-likeness (QED) is 0.467. The third-order valence-corrected chi connectivity index (χ3v) is 5.28. The molecule has 2 heterocycles. The molecule has 2 aromatic heterocycles. The molecule has 158 valence electrons. The molecule has 11 heteroatoms. The Balaban J connectivity index is 1.31. The summed E-state index contributed by atoms with van der Waals surface area (Å²) >= 11 is 2.51. The smallest absolute Gasteiger partial charge is 0.316 e. The van der Waals surface area contributed by atoms with E-state index in [0.29, 0.717) is 28.0 Å². The van der Waals surface area contributed by atoms with E-state index in [1.807, 2.05) is 0 Å². The molecule has 0 saturated carbocycles. The lowest BCUT2D eigenvalue weighted by Gasteiger charge is -2.04. The van der Waals surface area contributed by atoms with Crippen molar-refractivity contribution in [2.75, 3.05) is 16.8 Å². The number of halogens is 1. The first-order valence-electron chi connectivity index (χ1n) is 8.76. The highest BCUT2D eigenvalue weighted by Crippen LogP contribution is 2.16. The molecular formula is C19H18FN3O5S2. The van der Waals surface area contributed by atoms with Crippen LogP contribution in [0.2, 0.25) is 0 Å². The summed E-state index contributed by atoms with van der Waals surface area (Å²) in [5.41, 5.74) is 0.607. The Labute approximate surface area is 179 Å². The lowest BCUT2D eigenvalue weighted by atomic mass is 10.3. The Morgan fingerprint density at radius 1 is 1.23 bits per heavy atom. The summed E-state index contributed by atoms with van der Waals surface area (Å²) in [5.74, 6) is 0.535. The van der Waals surface area contributed by atoms with Crippen LogP contribution in [0.4, 0.5) is 10.2 Å². The molecule has 8 nitrogen and oxygen atoms in total. The average Bonchev–Trinajstić information content (AvgIpc) is 3.34. The lowest BCUT2D eigenvalue weighted by molar-refractivity contribution is -0.141. The summed E-state index contributed by atoms with van der Waals surface area (Å²) in [6.45, 7) is 1.99. The van der Waals surface area contributed by atoms with Crippen molar-refractivity contribution in [2.24, 2.45) is 0 Å². The summed E-state index contributed by atoms with van der Waals surface area (Å²) in [6, 6.07) is 7.31. The van der Waals surface area contributed by atoms with Gasteiger partial charge in [-0.15, -0.1) is 23.1 Å². The fourth-order valence-corrected chi connectivity index (χ4v) is 3.48. The van der Waals surface area contributed by atoms with Crippen LogP contribution in [0.25, 0.3) is 0 Å². The third-order valence-electron chi connectivity index (χ3n) is 3.50. The van der Waals surface area contributed by atoms with Crippen LogP contribution in [0, 0.1) is 12.7 Å². The molecule has 0 fully saturated rings. The molecule has 1 N–H and O–H groups in total. The molecule has 0 bridgehead atoms. The third kappa shape index (κ3) is 7.16. The van der Waals surface area contributed by atoms with Crippen molar-refractivity contribution in [2.45, 2.75) is 20.1 Å². The maximum Gasteiger partial charge on any atom is 0.316 e. The van der Waals surface area contributed by atoms with Gasteiger partial charge in [0.05, 0.1) is 17.2 Å². The van der Waals surface area contributed by atoms with Crippen LogP contribution in [-0.4, -0.2) is 33.5 Å². The van der Waals surface area contributed by atoms with Gasteiger partial charge in [-0.1, -0.05) is 5.16 Å². The van der Waals surface area contributed by atoms with Crippen LogP contribution in [0.5, 0.6) is 5.75 Å². The molecule has 1 aromatic carbocycles. The molecule has 3 aromatic rings. The van der Waals surface area contributed by atoms with Crippen molar-refractivity contribution in [3.05, 3.63) is 58.0 Å².